The molecule has 0 radical (unpaired) electrons. The van der Waals surface area contributed by atoms with Crippen LogP contribution in [0.25, 0.3) is 0 Å². The monoisotopic (exact) mass is 310 g/mol. The van der Waals surface area contributed by atoms with Crippen molar-refractivity contribution < 1.29 is 13.2 Å². The molecule has 0 aliphatic heterocycles. The van der Waals surface area contributed by atoms with Crippen molar-refractivity contribution in [3.8, 4) is 0 Å². The van der Waals surface area contributed by atoms with Gasteiger partial charge in [0.05, 0.1) is 22.1 Å². The quantitative estimate of drug-likeness (QED) is 0.934. The lowest BCUT2D eigenvalue weighted by Crippen LogP contribution is -2.23. The number of nitrogens with one attached hydrogen (secondary N) is 1. The average molecular weight is 310 g/mol. The van der Waals surface area contributed by atoms with Gasteiger partial charge in [-0.3, -0.25) is 4.79 Å². The molecule has 1 aromatic carbocycles. The maximum absolute atomic E-state index is 12.0. The highest BCUT2D eigenvalue weighted by Crippen LogP contribution is 2.12. The second kappa shape index (κ2) is 5.72. The number of aryl methyl sites for hydroxylation is 1. The Kier molecular flexibility index (Phi) is 4.20. The third-order valence-corrected chi connectivity index (χ3v) is 4.55. The molecule has 0 fully saturated rings. The Morgan fingerprint density at radius 3 is 2.75 bits per heavy atom. The van der Waals surface area contributed by atoms with Crippen LogP contribution in [0.1, 0.15) is 21.1 Å². The molecule has 1 amide bonds. The number of amides is 1. The van der Waals surface area contributed by atoms with Gasteiger partial charge in [-0.05, 0) is 25.1 Å². The van der Waals surface area contributed by atoms with E-state index in [1.54, 1.807) is 12.1 Å². The molecule has 1 aromatic heterocycles. The lowest BCUT2D eigenvalue weighted by molar-refractivity contribution is 0.0950. The molecule has 2 aromatic rings. The fraction of sp³-hybridized carbons (Fsp3) is 0.231. The van der Waals surface area contributed by atoms with Crippen LogP contribution in [-0.4, -0.2) is 25.6 Å². The van der Waals surface area contributed by atoms with E-state index in [9.17, 15) is 13.2 Å². The molecule has 20 heavy (non-hydrogen) atoms. The van der Waals surface area contributed by atoms with Crippen LogP contribution in [0.15, 0.2) is 34.5 Å². The van der Waals surface area contributed by atoms with E-state index in [4.69, 9.17) is 0 Å². The van der Waals surface area contributed by atoms with Crippen LogP contribution in [-0.2, 0) is 16.4 Å². The van der Waals surface area contributed by atoms with E-state index in [0.717, 1.165) is 17.0 Å². The van der Waals surface area contributed by atoms with Crippen LogP contribution < -0.4 is 5.32 Å². The van der Waals surface area contributed by atoms with Crippen molar-refractivity contribution in [1.82, 2.24) is 10.3 Å². The van der Waals surface area contributed by atoms with Crippen molar-refractivity contribution in [3.63, 3.8) is 0 Å². The van der Waals surface area contributed by atoms with Gasteiger partial charge in [-0.15, -0.1) is 11.3 Å². The number of hydrogen-bond donors (Lipinski definition) is 1. The number of hydrogen-bond acceptors (Lipinski definition) is 5. The Morgan fingerprint density at radius 2 is 2.15 bits per heavy atom. The predicted octanol–water partition coefficient (Wildman–Crippen LogP) is 1.79. The summed E-state index contributed by atoms with van der Waals surface area (Å²) in [6, 6.07) is 5.97. The highest BCUT2D eigenvalue weighted by atomic mass is 32.2. The molecule has 0 spiro atoms. The molecule has 5 nitrogen and oxygen atoms in total. The minimum absolute atomic E-state index is 0.134. The van der Waals surface area contributed by atoms with E-state index >= 15 is 0 Å². The van der Waals surface area contributed by atoms with Crippen molar-refractivity contribution in [3.05, 3.63) is 45.9 Å². The normalized spacial score (nSPS) is 11.3. The lowest BCUT2D eigenvalue weighted by atomic mass is 10.2. The number of sulfone groups is 1. The van der Waals surface area contributed by atoms with Crippen LogP contribution >= 0.6 is 11.3 Å². The van der Waals surface area contributed by atoms with Crippen molar-refractivity contribution in [2.45, 2.75) is 18.4 Å². The Hall–Kier alpha value is -1.73. The average Bonchev–Trinajstić information content (AvgIpc) is 2.81. The summed E-state index contributed by atoms with van der Waals surface area (Å²) in [7, 11) is -3.31. The lowest BCUT2D eigenvalue weighted by Gasteiger charge is -2.05. The zero-order valence-electron chi connectivity index (χ0n) is 11.1. The predicted molar refractivity (Wildman–Crippen MR) is 77.6 cm³/mol. The molecule has 0 atom stereocenters. The van der Waals surface area contributed by atoms with Crippen molar-refractivity contribution in [1.29, 1.82) is 0 Å². The van der Waals surface area contributed by atoms with Crippen LogP contribution in [0.5, 0.6) is 0 Å². The molecule has 1 heterocycles. The van der Waals surface area contributed by atoms with E-state index in [0.29, 0.717) is 12.1 Å². The summed E-state index contributed by atoms with van der Waals surface area (Å²) in [5.41, 5.74) is 1.11. The summed E-state index contributed by atoms with van der Waals surface area (Å²) < 4.78 is 22.9. The number of nitrogens with zero attached hydrogens (tertiary/aromatic N) is 1. The van der Waals surface area contributed by atoms with Gasteiger partial charge < -0.3 is 5.32 Å². The first-order chi connectivity index (χ1) is 9.36. The van der Waals surface area contributed by atoms with Crippen LogP contribution in [0.2, 0.25) is 0 Å². The molecule has 0 aliphatic rings. The summed E-state index contributed by atoms with van der Waals surface area (Å²) in [6.07, 6.45) is 1.11. The Morgan fingerprint density at radius 1 is 1.40 bits per heavy atom. The minimum atomic E-state index is -3.31. The fourth-order valence-corrected chi connectivity index (χ4v) is 2.91. The summed E-state index contributed by atoms with van der Waals surface area (Å²) in [5.74, 6) is -0.318. The zero-order valence-corrected chi connectivity index (χ0v) is 12.7. The van der Waals surface area contributed by atoms with Gasteiger partial charge in [0.1, 0.15) is 0 Å². The maximum atomic E-state index is 12.0. The van der Waals surface area contributed by atoms with Gasteiger partial charge in [0.25, 0.3) is 5.91 Å². The van der Waals surface area contributed by atoms with Crippen LogP contribution in [0.3, 0.4) is 0 Å². The highest BCUT2D eigenvalue weighted by molar-refractivity contribution is 7.90. The number of benzene rings is 1. The third-order valence-electron chi connectivity index (χ3n) is 2.62. The Bertz CT molecular complexity index is 736. The SMILES string of the molecule is Cc1nc(CNC(=O)c2cccc(S(C)(=O)=O)c2)cs1. The third kappa shape index (κ3) is 3.64. The molecule has 7 heteroatoms. The van der Waals surface area contributed by atoms with Crippen LogP contribution in [0, 0.1) is 6.92 Å². The molecule has 0 bridgehead atoms. The topological polar surface area (TPSA) is 76.1 Å². The summed E-state index contributed by atoms with van der Waals surface area (Å²) in [6.45, 7) is 2.22. The van der Waals surface area contributed by atoms with Crippen molar-refractivity contribution in [2.24, 2.45) is 0 Å². The van der Waals surface area contributed by atoms with Gasteiger partial charge >= 0.3 is 0 Å². The molecule has 1 N–H and O–H groups in total. The number of rotatable bonds is 4. The molecule has 0 aliphatic carbocycles. The first kappa shape index (κ1) is 14.7. The second-order valence-corrected chi connectivity index (χ2v) is 7.42. The van der Waals surface area contributed by atoms with E-state index in [1.165, 1.54) is 23.5 Å². The summed E-state index contributed by atoms with van der Waals surface area (Å²) in [5, 5.41) is 5.53. The van der Waals surface area contributed by atoms with Crippen molar-refractivity contribution >= 4 is 27.1 Å². The number of carbonyl (C=O) groups is 1. The Balaban J connectivity index is 2.10. The molecular formula is C13H14N2O3S2. The fourth-order valence-electron chi connectivity index (χ4n) is 1.63. The molecule has 2 rings (SSSR count). The molecule has 0 saturated heterocycles. The van der Waals surface area contributed by atoms with Gasteiger partial charge in [0, 0.05) is 17.2 Å². The number of carbonyl (C=O) groups excluding carboxylic acids is 1. The van der Waals surface area contributed by atoms with Crippen LogP contribution in [0.4, 0.5) is 0 Å². The number of aromatic nitrogens is 1. The summed E-state index contributed by atoms with van der Waals surface area (Å²) in [4.78, 5) is 16.3. The standard InChI is InChI=1S/C13H14N2O3S2/c1-9-15-11(8-19-9)7-14-13(16)10-4-3-5-12(6-10)20(2,17)18/h3-6,8H,7H2,1-2H3,(H,14,16). The van der Waals surface area contributed by atoms with Gasteiger partial charge in [-0.25, -0.2) is 13.4 Å². The molecule has 106 valence electrons. The van der Waals surface area contributed by atoms with E-state index in [1.807, 2.05) is 12.3 Å². The van der Waals surface area contributed by atoms with E-state index in [2.05, 4.69) is 10.3 Å². The Labute approximate surface area is 121 Å². The first-order valence-electron chi connectivity index (χ1n) is 5.85. The minimum Gasteiger partial charge on any atom is -0.346 e. The van der Waals surface area contributed by atoms with E-state index < -0.39 is 9.84 Å². The van der Waals surface area contributed by atoms with Gasteiger partial charge in [0.15, 0.2) is 9.84 Å². The molecule has 0 saturated carbocycles. The highest BCUT2D eigenvalue weighted by Gasteiger charge is 2.11. The van der Waals surface area contributed by atoms with Gasteiger partial charge in [-0.2, -0.15) is 0 Å². The largest absolute Gasteiger partial charge is 0.346 e. The summed E-state index contributed by atoms with van der Waals surface area (Å²) >= 11 is 1.52. The number of thiazole rings is 1. The molecule has 0 unspecified atom stereocenters. The van der Waals surface area contributed by atoms with Crippen molar-refractivity contribution in [2.75, 3.05) is 6.26 Å². The smallest absolute Gasteiger partial charge is 0.251 e. The second-order valence-electron chi connectivity index (χ2n) is 4.34. The van der Waals surface area contributed by atoms with Gasteiger partial charge in [0.2, 0.25) is 0 Å². The first-order valence-corrected chi connectivity index (χ1v) is 8.63. The van der Waals surface area contributed by atoms with Gasteiger partial charge in [-0.1, -0.05) is 6.07 Å². The maximum Gasteiger partial charge on any atom is 0.251 e. The molecular weight excluding hydrogens is 296 g/mol. The van der Waals surface area contributed by atoms with E-state index in [-0.39, 0.29) is 10.8 Å². The zero-order chi connectivity index (χ0) is 14.8.